The number of aromatic amines is 2. The van der Waals surface area contributed by atoms with Gasteiger partial charge in [0.15, 0.2) is 69.5 Å². The molecule has 4 aromatic carbocycles. The van der Waals surface area contributed by atoms with E-state index in [9.17, 15) is 0 Å². The monoisotopic (exact) mass is 1190 g/mol. The van der Waals surface area contributed by atoms with Crippen LogP contribution in [0.1, 0.15) is 106 Å². The normalized spacial score (nSPS) is 12.9. The molecule has 5 heterocycles. The van der Waals surface area contributed by atoms with E-state index in [2.05, 4.69) is 19.9 Å². The molecule has 442 valence electrons. The third-order valence-corrected chi connectivity index (χ3v) is 12.3. The van der Waals surface area contributed by atoms with Gasteiger partial charge in [0.05, 0.1) is 45.0 Å². The Morgan fingerprint density at radius 2 is 0.405 bits per heavy atom. The van der Waals surface area contributed by atoms with Gasteiger partial charge in [0.2, 0.25) is 46.5 Å². The Hall–Kier alpha value is -8.44. The second-order valence-corrected chi connectivity index (χ2v) is 23.2. The van der Waals surface area contributed by atoms with E-state index < -0.39 is 228 Å². The molecule has 24 heteroatoms. The van der Waals surface area contributed by atoms with Gasteiger partial charge in [0.1, 0.15) is 22.4 Å². The van der Waals surface area contributed by atoms with Crippen molar-refractivity contribution in [3.63, 3.8) is 0 Å². The van der Waals surface area contributed by atoms with Gasteiger partial charge in [-0.05, 0) is 132 Å². The van der Waals surface area contributed by atoms with E-state index in [1.165, 1.54) is 83.1 Å². The Morgan fingerprint density at radius 3 is 0.548 bits per heavy atom. The van der Waals surface area contributed by atoms with E-state index in [0.29, 0.717) is 0 Å². The topological polar surface area (TPSA) is 94.3 Å². The van der Waals surface area contributed by atoms with Gasteiger partial charge in [0.25, 0.3) is 0 Å². The van der Waals surface area contributed by atoms with Gasteiger partial charge < -0.3 is 28.9 Å². The minimum atomic E-state index is -2.19. The van der Waals surface area contributed by atoms with Crippen LogP contribution in [0.5, 0.6) is 23.0 Å². The molecule has 2 N–H and O–H groups in total. The molecular formula is C60H46F16N4O4. The molecule has 0 radical (unpaired) electrons. The van der Waals surface area contributed by atoms with Crippen LogP contribution >= 0.6 is 0 Å². The third-order valence-electron chi connectivity index (χ3n) is 12.3. The maximum absolute atomic E-state index is 16.9. The highest BCUT2D eigenvalue weighted by Gasteiger charge is 2.38. The average Bonchev–Trinajstić information content (AvgIpc) is 3.32. The van der Waals surface area contributed by atoms with Gasteiger partial charge in [-0.2, -0.15) is 35.1 Å². The van der Waals surface area contributed by atoms with Gasteiger partial charge in [-0.25, -0.2) is 45.1 Å². The molecule has 0 unspecified atom stereocenters. The lowest BCUT2D eigenvalue weighted by atomic mass is 10.0. The average molecular weight is 1190 g/mol. The van der Waals surface area contributed by atoms with Crippen molar-refractivity contribution in [2.24, 2.45) is 0 Å². The highest BCUT2D eigenvalue weighted by Crippen LogP contribution is 2.48. The van der Waals surface area contributed by atoms with Crippen LogP contribution in [0.2, 0.25) is 0 Å². The molecule has 0 saturated heterocycles. The van der Waals surface area contributed by atoms with Gasteiger partial charge in [-0.15, -0.1) is 0 Å². The summed E-state index contributed by atoms with van der Waals surface area (Å²) in [6.07, 6.45) is 3.24. The molecule has 0 fully saturated rings. The lowest BCUT2D eigenvalue weighted by Gasteiger charge is -2.23. The summed E-state index contributed by atoms with van der Waals surface area (Å²) in [5.74, 6) is -40.9. The number of halogens is 16. The van der Waals surface area contributed by atoms with Gasteiger partial charge >= 0.3 is 0 Å². The Kier molecular flexibility index (Phi) is 14.8. The molecule has 0 saturated carbocycles. The fourth-order valence-electron chi connectivity index (χ4n) is 9.16. The number of nitrogens with one attached hydrogen (secondary N) is 2. The molecule has 0 spiro atoms. The fraction of sp³-hybridized carbons (Fsp3) is 0.267. The second-order valence-electron chi connectivity index (χ2n) is 23.2. The summed E-state index contributed by atoms with van der Waals surface area (Å²) in [5, 5.41) is 0. The molecule has 2 aliphatic heterocycles. The van der Waals surface area contributed by atoms with Crippen molar-refractivity contribution < 1.29 is 89.2 Å². The molecule has 3 aromatic heterocycles. The first-order chi connectivity index (χ1) is 38.8. The number of fused-ring (bicyclic) bond motifs is 8. The smallest absolute Gasteiger partial charge is 0.204 e. The molecule has 7 aromatic rings. The van der Waals surface area contributed by atoms with E-state index in [1.54, 1.807) is 0 Å². The van der Waals surface area contributed by atoms with Crippen LogP contribution in [-0.4, -0.2) is 42.3 Å². The number of rotatable bonds is 8. The molecule has 8 nitrogen and oxygen atoms in total. The highest BCUT2D eigenvalue weighted by molar-refractivity contribution is 6.00. The zero-order valence-electron chi connectivity index (χ0n) is 46.2. The standard InChI is InChI=1S/C60H46F16N4O4/c1-57(2,3)81-53-45(69)37(61)33(38(62)46(53)70)29-21-13-15-23(77-21)30(34-39(63)47(71)54(48(72)40(34)64)82-58(4,5)6)25-17-19-27(79-25)32(36-43(67)51(75)56(52(76)44(36)68)84-60(10,11)12)28-20-18-26(80-28)31(24-16-14-22(29)78-24)35-41(65)49(73)55(50(74)42(35)66)83-59(7,8)9/h13-20,77,80H,1-12H3. The number of nitrogens with zero attached hydrogens (tertiary/aromatic N) is 2. The fourth-order valence-corrected chi connectivity index (χ4v) is 9.16. The number of ether oxygens (including phenoxy) is 4. The van der Waals surface area contributed by atoms with Crippen molar-refractivity contribution in [1.29, 1.82) is 0 Å². The molecule has 0 aliphatic carbocycles. The van der Waals surface area contributed by atoms with Crippen LogP contribution in [0.4, 0.5) is 70.2 Å². The SMILES string of the molecule is CC(C)(C)Oc1c(F)c(F)c(-c2c3nc(c(-c4c(F)c(F)c(OC(C)(C)C)c(F)c4F)c4ccc([nH]4)c(-c4c(F)c(F)c(OC(C)(C)C)c(F)c4F)c4nc(c(-c5c(F)c(F)c(OC(C)(C)C)c(F)c5F)c5ccc2[nH]5)C=C4)C=C3)c(F)c1F. The molecule has 84 heavy (non-hydrogen) atoms. The van der Waals surface area contributed by atoms with E-state index in [-0.39, 0.29) is 0 Å². The van der Waals surface area contributed by atoms with E-state index in [1.807, 2.05) is 0 Å². The summed E-state index contributed by atoms with van der Waals surface area (Å²) in [7, 11) is 0. The number of hydrogen-bond donors (Lipinski definition) is 2. The Balaban J connectivity index is 1.56. The number of H-pyrrole nitrogens is 2. The quantitative estimate of drug-likeness (QED) is 0.116. The Bertz CT molecular complexity index is 3570. The largest absolute Gasteiger partial charge is 0.482 e. The van der Waals surface area contributed by atoms with E-state index in [4.69, 9.17) is 18.9 Å². The minimum absolute atomic E-state index is 0.747. The Morgan fingerprint density at radius 1 is 0.250 bits per heavy atom. The van der Waals surface area contributed by atoms with E-state index in [0.717, 1.165) is 48.6 Å². The molecular weight excluding hydrogens is 1140 g/mol. The highest BCUT2D eigenvalue weighted by atomic mass is 19.2. The molecule has 0 amide bonds. The number of aromatic nitrogens is 4. The van der Waals surface area contributed by atoms with Crippen molar-refractivity contribution in [2.75, 3.05) is 0 Å². The minimum Gasteiger partial charge on any atom is -0.482 e. The van der Waals surface area contributed by atoms with Crippen molar-refractivity contribution >= 4 is 46.4 Å². The maximum atomic E-state index is 16.9. The van der Waals surface area contributed by atoms with Crippen LogP contribution in [0.3, 0.4) is 0 Å². The lowest BCUT2D eigenvalue weighted by molar-refractivity contribution is 0.114. The molecule has 2 aliphatic rings. The summed E-state index contributed by atoms with van der Waals surface area (Å²) < 4.78 is 286. The van der Waals surface area contributed by atoms with Crippen molar-refractivity contribution in [3.05, 3.63) is 140 Å². The maximum Gasteiger partial charge on any atom is 0.204 e. The summed E-state index contributed by atoms with van der Waals surface area (Å²) >= 11 is 0. The van der Waals surface area contributed by atoms with Crippen LogP contribution in [0, 0.1) is 93.1 Å². The predicted molar refractivity (Wildman–Crippen MR) is 281 cm³/mol. The first-order valence-corrected chi connectivity index (χ1v) is 25.2. The van der Waals surface area contributed by atoms with E-state index >= 15 is 70.2 Å². The Labute approximate surface area is 467 Å². The molecule has 9 rings (SSSR count). The first-order valence-electron chi connectivity index (χ1n) is 25.2. The predicted octanol–water partition coefficient (Wildman–Crippen LogP) is 18.3. The molecule has 8 bridgehead atoms. The van der Waals surface area contributed by atoms with Crippen molar-refractivity contribution in [1.82, 2.24) is 19.9 Å². The van der Waals surface area contributed by atoms with Gasteiger partial charge in [-0.3, -0.25) is 0 Å². The molecule has 0 atom stereocenters. The van der Waals surface area contributed by atoms with Crippen LogP contribution in [0.15, 0.2) is 24.3 Å². The van der Waals surface area contributed by atoms with Crippen molar-refractivity contribution in [3.8, 4) is 67.5 Å². The van der Waals surface area contributed by atoms with Crippen LogP contribution in [-0.2, 0) is 0 Å². The third kappa shape index (κ3) is 10.6. The first kappa shape index (κ1) is 60.2. The van der Waals surface area contributed by atoms with Crippen LogP contribution < -0.4 is 18.9 Å². The van der Waals surface area contributed by atoms with Crippen LogP contribution in [0.25, 0.3) is 90.9 Å². The zero-order valence-corrected chi connectivity index (χ0v) is 46.2. The summed E-state index contributed by atoms with van der Waals surface area (Å²) in [6.45, 7) is 15.3. The second kappa shape index (κ2) is 20.7. The number of benzene rings is 4. The zero-order chi connectivity index (χ0) is 62.1. The van der Waals surface area contributed by atoms with Gasteiger partial charge in [-0.1, -0.05) is 0 Å². The lowest BCUT2D eigenvalue weighted by Crippen LogP contribution is -2.25. The van der Waals surface area contributed by atoms with Crippen molar-refractivity contribution in [2.45, 2.75) is 105 Å². The summed E-state index contributed by atoms with van der Waals surface area (Å²) in [4.78, 5) is 13.6. The summed E-state index contributed by atoms with van der Waals surface area (Å²) in [5.41, 5.74) is -23.0. The van der Waals surface area contributed by atoms with Gasteiger partial charge in [0, 0.05) is 44.3 Å². The number of hydrogen-bond acceptors (Lipinski definition) is 6. The summed E-state index contributed by atoms with van der Waals surface area (Å²) in [6, 6.07) is 3.35.